The van der Waals surface area contributed by atoms with Gasteiger partial charge in [0, 0.05) is 11.9 Å². The molecule has 3 rings (SSSR count). The van der Waals surface area contributed by atoms with E-state index >= 15 is 0 Å². The number of hydrogen-bond acceptors (Lipinski definition) is 5. The third-order valence-corrected chi connectivity index (χ3v) is 4.46. The van der Waals surface area contributed by atoms with Gasteiger partial charge in [0.25, 0.3) is 11.8 Å². The highest BCUT2D eigenvalue weighted by Crippen LogP contribution is 2.30. The van der Waals surface area contributed by atoms with E-state index in [1.54, 1.807) is 30.3 Å². The van der Waals surface area contributed by atoms with Gasteiger partial charge in [-0.25, -0.2) is 5.01 Å². The molecule has 0 radical (unpaired) electrons. The van der Waals surface area contributed by atoms with Gasteiger partial charge in [-0.15, -0.1) is 0 Å². The van der Waals surface area contributed by atoms with Crippen molar-refractivity contribution in [1.82, 2.24) is 5.43 Å². The molecule has 0 atom stereocenters. The van der Waals surface area contributed by atoms with E-state index in [0.29, 0.717) is 22.0 Å². The largest absolute Gasteiger partial charge is 0.493 e. The number of halogens is 1. The Bertz CT molecular complexity index is 1020. The van der Waals surface area contributed by atoms with E-state index in [1.807, 2.05) is 6.92 Å². The van der Waals surface area contributed by atoms with E-state index in [9.17, 15) is 14.4 Å². The van der Waals surface area contributed by atoms with Gasteiger partial charge in [0.1, 0.15) is 5.57 Å². The lowest BCUT2D eigenvalue weighted by Gasteiger charge is -2.15. The highest BCUT2D eigenvalue weighted by molar-refractivity contribution is 6.33. The number of carbonyl (C=O) groups is 3. The lowest BCUT2D eigenvalue weighted by atomic mass is 10.1. The minimum Gasteiger partial charge on any atom is -0.493 e. The molecule has 2 amide bonds. The molecule has 1 fully saturated rings. The van der Waals surface area contributed by atoms with Crippen molar-refractivity contribution in [2.75, 3.05) is 12.1 Å². The summed E-state index contributed by atoms with van der Waals surface area (Å²) in [4.78, 5) is 36.2. The maximum Gasteiger partial charge on any atom is 0.308 e. The highest BCUT2D eigenvalue weighted by Gasteiger charge is 2.34. The summed E-state index contributed by atoms with van der Waals surface area (Å²) in [6.07, 6.45) is 1.44. The fourth-order valence-corrected chi connectivity index (χ4v) is 2.81. The molecule has 1 heterocycles. The molecule has 1 saturated heterocycles. The number of hydrogen-bond donors (Lipinski definition) is 1. The monoisotopic (exact) mass is 400 g/mol. The topological polar surface area (TPSA) is 84.9 Å². The van der Waals surface area contributed by atoms with Crippen molar-refractivity contribution in [3.8, 4) is 11.5 Å². The van der Waals surface area contributed by atoms with Crippen molar-refractivity contribution in [2.24, 2.45) is 0 Å². The number of carbonyl (C=O) groups excluding carboxylic acids is 3. The summed E-state index contributed by atoms with van der Waals surface area (Å²) in [5.41, 5.74) is 4.33. The van der Waals surface area contributed by atoms with Crippen LogP contribution in [0.25, 0.3) is 6.08 Å². The Labute approximate surface area is 166 Å². The third-order valence-electron chi connectivity index (χ3n) is 4.06. The molecule has 0 aliphatic carbocycles. The first-order valence-corrected chi connectivity index (χ1v) is 8.67. The predicted molar refractivity (Wildman–Crippen MR) is 104 cm³/mol. The van der Waals surface area contributed by atoms with Gasteiger partial charge in [0.2, 0.25) is 0 Å². The van der Waals surface area contributed by atoms with Gasteiger partial charge in [-0.3, -0.25) is 19.8 Å². The molecule has 8 heteroatoms. The van der Waals surface area contributed by atoms with E-state index in [0.717, 1.165) is 10.6 Å². The number of aryl methyl sites for hydroxylation is 1. The Hall–Kier alpha value is -3.32. The molecule has 0 bridgehead atoms. The highest BCUT2D eigenvalue weighted by atomic mass is 35.5. The number of nitrogens with one attached hydrogen (secondary N) is 1. The maximum atomic E-state index is 12.7. The Morgan fingerprint density at radius 2 is 1.89 bits per heavy atom. The lowest BCUT2D eigenvalue weighted by Crippen LogP contribution is -2.35. The minimum atomic E-state index is -0.537. The Morgan fingerprint density at radius 3 is 2.54 bits per heavy atom. The second-order valence-corrected chi connectivity index (χ2v) is 6.48. The molecule has 2 aromatic rings. The van der Waals surface area contributed by atoms with Crippen LogP contribution in [0.2, 0.25) is 5.02 Å². The number of anilines is 1. The molecule has 1 aliphatic rings. The van der Waals surface area contributed by atoms with Crippen molar-refractivity contribution in [3.05, 3.63) is 58.1 Å². The zero-order valence-electron chi connectivity index (χ0n) is 15.4. The molecular weight excluding hydrogens is 384 g/mol. The van der Waals surface area contributed by atoms with Gasteiger partial charge in [-0.2, -0.15) is 0 Å². The van der Waals surface area contributed by atoms with Crippen LogP contribution in [0.3, 0.4) is 0 Å². The summed E-state index contributed by atoms with van der Waals surface area (Å²) in [5, 5.41) is 1.63. The number of ether oxygens (including phenoxy) is 2. The fraction of sp³-hybridized carbons (Fsp3) is 0.150. The van der Waals surface area contributed by atoms with E-state index < -0.39 is 17.8 Å². The van der Waals surface area contributed by atoms with Crippen LogP contribution in [0.5, 0.6) is 11.5 Å². The van der Waals surface area contributed by atoms with Crippen molar-refractivity contribution < 1.29 is 23.9 Å². The Morgan fingerprint density at radius 1 is 1.14 bits per heavy atom. The molecule has 2 aromatic carbocycles. The zero-order valence-corrected chi connectivity index (χ0v) is 16.2. The number of methoxy groups -OCH3 is 1. The first kappa shape index (κ1) is 19.4. The van der Waals surface area contributed by atoms with E-state index in [-0.39, 0.29) is 11.3 Å². The summed E-state index contributed by atoms with van der Waals surface area (Å²) < 4.78 is 10.3. The molecule has 0 spiro atoms. The molecular formula is C20H17ClN2O5. The van der Waals surface area contributed by atoms with E-state index in [1.165, 1.54) is 26.2 Å². The van der Waals surface area contributed by atoms with Crippen LogP contribution in [0.1, 0.15) is 18.1 Å². The molecule has 7 nitrogen and oxygen atoms in total. The first-order chi connectivity index (χ1) is 13.3. The van der Waals surface area contributed by atoms with Crippen LogP contribution in [0, 0.1) is 6.92 Å². The SMILES string of the molecule is COc1cc(/C=C2\C(=O)NN(c3ccc(C)c(Cl)c3)C2=O)ccc1OC(C)=O. The van der Waals surface area contributed by atoms with Gasteiger partial charge in [-0.05, 0) is 48.4 Å². The van der Waals surface area contributed by atoms with Crippen molar-refractivity contribution in [3.63, 3.8) is 0 Å². The molecule has 1 aliphatic heterocycles. The minimum absolute atomic E-state index is 0.0426. The Kier molecular flexibility index (Phi) is 5.37. The second-order valence-electron chi connectivity index (χ2n) is 6.08. The van der Waals surface area contributed by atoms with E-state index in [4.69, 9.17) is 21.1 Å². The summed E-state index contributed by atoms with van der Waals surface area (Å²) in [6.45, 7) is 3.12. The van der Waals surface area contributed by atoms with Gasteiger partial charge >= 0.3 is 5.97 Å². The Balaban J connectivity index is 1.92. The number of nitrogens with zero attached hydrogens (tertiary/aromatic N) is 1. The standard InChI is InChI=1S/C20H17ClN2O5/c1-11-4-6-14(10-16(11)21)23-20(26)15(19(25)22-23)8-13-5-7-17(28-12(2)24)18(9-13)27-3/h4-10H,1-3H3,(H,22,25)/b15-8+. The van der Waals surface area contributed by atoms with Gasteiger partial charge < -0.3 is 9.47 Å². The molecule has 28 heavy (non-hydrogen) atoms. The first-order valence-electron chi connectivity index (χ1n) is 8.30. The third kappa shape index (κ3) is 3.84. The van der Waals surface area contributed by atoms with Crippen LogP contribution in [-0.4, -0.2) is 24.9 Å². The molecule has 144 valence electrons. The van der Waals surface area contributed by atoms with Gasteiger partial charge in [0.05, 0.1) is 12.8 Å². The van der Waals surface area contributed by atoms with Crippen molar-refractivity contribution in [2.45, 2.75) is 13.8 Å². The van der Waals surface area contributed by atoms with Crippen LogP contribution < -0.4 is 19.9 Å². The number of hydrazine groups is 1. The van der Waals surface area contributed by atoms with E-state index in [2.05, 4.69) is 5.43 Å². The number of benzene rings is 2. The summed E-state index contributed by atoms with van der Waals surface area (Å²) in [6, 6.07) is 9.77. The molecule has 0 saturated carbocycles. The second kappa shape index (κ2) is 7.74. The van der Waals surface area contributed by atoms with Crippen LogP contribution in [0.15, 0.2) is 42.0 Å². The zero-order chi connectivity index (χ0) is 20.4. The average Bonchev–Trinajstić information content (AvgIpc) is 2.93. The number of esters is 1. The summed E-state index contributed by atoms with van der Waals surface area (Å²) in [7, 11) is 1.43. The number of amides is 2. The van der Waals surface area contributed by atoms with Gasteiger partial charge in [0.15, 0.2) is 11.5 Å². The summed E-state index contributed by atoms with van der Waals surface area (Å²) >= 11 is 6.11. The van der Waals surface area contributed by atoms with Crippen LogP contribution in [-0.2, 0) is 14.4 Å². The van der Waals surface area contributed by atoms with Crippen molar-refractivity contribution in [1.29, 1.82) is 0 Å². The molecule has 1 N–H and O–H groups in total. The van der Waals surface area contributed by atoms with Gasteiger partial charge in [-0.1, -0.05) is 23.7 Å². The molecule has 0 aromatic heterocycles. The average molecular weight is 401 g/mol. The van der Waals surface area contributed by atoms with Crippen LogP contribution >= 0.6 is 11.6 Å². The number of rotatable bonds is 4. The summed E-state index contributed by atoms with van der Waals surface area (Å²) in [5.74, 6) is -0.979. The predicted octanol–water partition coefficient (Wildman–Crippen LogP) is 3.04. The quantitative estimate of drug-likeness (QED) is 0.369. The molecule has 0 unspecified atom stereocenters. The normalized spacial score (nSPS) is 15.0. The van der Waals surface area contributed by atoms with Crippen molar-refractivity contribution >= 4 is 41.1 Å². The smallest absolute Gasteiger partial charge is 0.308 e. The maximum absolute atomic E-state index is 12.7. The lowest BCUT2D eigenvalue weighted by molar-refractivity contribution is -0.132. The van der Waals surface area contributed by atoms with Crippen LogP contribution in [0.4, 0.5) is 5.69 Å². The fourth-order valence-electron chi connectivity index (χ4n) is 2.64.